The van der Waals surface area contributed by atoms with E-state index in [-0.39, 0.29) is 5.60 Å². The average Bonchev–Trinajstić information content (AvgIpc) is 3.03. The van der Waals surface area contributed by atoms with Crippen molar-refractivity contribution in [3.8, 4) is 5.75 Å². The van der Waals surface area contributed by atoms with Crippen molar-refractivity contribution in [2.24, 2.45) is 0 Å². The highest BCUT2D eigenvalue weighted by Crippen LogP contribution is 2.43. The zero-order chi connectivity index (χ0) is 12.5. The SMILES string of the molecule is CC(C)NCC1(Oc2cccc(Cl)c2Cl)CC1. The van der Waals surface area contributed by atoms with Crippen LogP contribution in [0, 0.1) is 0 Å². The number of benzene rings is 1. The zero-order valence-corrected chi connectivity index (χ0v) is 11.6. The summed E-state index contributed by atoms with van der Waals surface area (Å²) in [6.07, 6.45) is 2.13. The minimum Gasteiger partial charge on any atom is -0.484 e. The normalized spacial score (nSPS) is 17.2. The molecule has 0 aliphatic heterocycles. The molecule has 0 amide bonds. The molecule has 0 saturated heterocycles. The predicted molar refractivity (Wildman–Crippen MR) is 72.2 cm³/mol. The molecule has 0 heterocycles. The van der Waals surface area contributed by atoms with Crippen LogP contribution in [0.5, 0.6) is 5.75 Å². The van der Waals surface area contributed by atoms with Gasteiger partial charge in [-0.15, -0.1) is 0 Å². The minimum absolute atomic E-state index is 0.0847. The molecule has 1 aromatic rings. The van der Waals surface area contributed by atoms with E-state index in [1.165, 1.54) is 0 Å². The summed E-state index contributed by atoms with van der Waals surface area (Å²) in [7, 11) is 0. The molecule has 0 aromatic heterocycles. The number of rotatable bonds is 5. The van der Waals surface area contributed by atoms with E-state index in [1.807, 2.05) is 12.1 Å². The highest BCUT2D eigenvalue weighted by Gasteiger charge is 2.45. The number of hydrogen-bond donors (Lipinski definition) is 1. The van der Waals surface area contributed by atoms with E-state index in [9.17, 15) is 0 Å². The summed E-state index contributed by atoms with van der Waals surface area (Å²) in [6.45, 7) is 5.11. The lowest BCUT2D eigenvalue weighted by atomic mass is 10.3. The summed E-state index contributed by atoms with van der Waals surface area (Å²) < 4.78 is 6.00. The monoisotopic (exact) mass is 273 g/mol. The Kier molecular flexibility index (Phi) is 3.86. The quantitative estimate of drug-likeness (QED) is 0.879. The van der Waals surface area contributed by atoms with Crippen LogP contribution in [0.2, 0.25) is 10.0 Å². The number of ether oxygens (including phenoxy) is 1. The van der Waals surface area contributed by atoms with Crippen LogP contribution >= 0.6 is 23.2 Å². The Balaban J connectivity index is 2.03. The molecule has 0 atom stereocenters. The van der Waals surface area contributed by atoms with Gasteiger partial charge in [-0.3, -0.25) is 0 Å². The van der Waals surface area contributed by atoms with Gasteiger partial charge in [-0.2, -0.15) is 0 Å². The van der Waals surface area contributed by atoms with Gasteiger partial charge in [-0.05, 0) is 25.0 Å². The van der Waals surface area contributed by atoms with Gasteiger partial charge in [0.2, 0.25) is 0 Å². The van der Waals surface area contributed by atoms with Crippen molar-refractivity contribution in [2.45, 2.75) is 38.3 Å². The molecular formula is C13H17Cl2NO. The summed E-state index contributed by atoms with van der Waals surface area (Å²) in [4.78, 5) is 0. The third-order valence-corrected chi connectivity index (χ3v) is 3.68. The first-order valence-corrected chi connectivity index (χ1v) is 6.64. The Morgan fingerprint density at radius 3 is 2.65 bits per heavy atom. The molecule has 0 spiro atoms. The number of halogens is 2. The molecular weight excluding hydrogens is 257 g/mol. The van der Waals surface area contributed by atoms with Crippen molar-refractivity contribution >= 4 is 23.2 Å². The van der Waals surface area contributed by atoms with Gasteiger partial charge >= 0.3 is 0 Å². The van der Waals surface area contributed by atoms with Crippen LogP contribution in [0.1, 0.15) is 26.7 Å². The van der Waals surface area contributed by atoms with Gasteiger partial charge in [0, 0.05) is 12.6 Å². The fourth-order valence-electron chi connectivity index (χ4n) is 1.64. The van der Waals surface area contributed by atoms with Gasteiger partial charge in [0.05, 0.1) is 5.02 Å². The third-order valence-electron chi connectivity index (χ3n) is 2.88. The van der Waals surface area contributed by atoms with E-state index in [2.05, 4.69) is 19.2 Å². The van der Waals surface area contributed by atoms with Crippen LogP contribution in [-0.2, 0) is 0 Å². The summed E-state index contributed by atoms with van der Waals surface area (Å²) in [5.41, 5.74) is -0.0847. The van der Waals surface area contributed by atoms with Crippen LogP contribution in [0.3, 0.4) is 0 Å². The van der Waals surface area contributed by atoms with Crippen LogP contribution in [0.25, 0.3) is 0 Å². The average molecular weight is 274 g/mol. The van der Waals surface area contributed by atoms with Gasteiger partial charge in [0.25, 0.3) is 0 Å². The van der Waals surface area contributed by atoms with Crippen molar-refractivity contribution in [1.29, 1.82) is 0 Å². The van der Waals surface area contributed by atoms with Gasteiger partial charge in [0.15, 0.2) is 0 Å². The van der Waals surface area contributed by atoms with Gasteiger partial charge in [-0.1, -0.05) is 43.1 Å². The lowest BCUT2D eigenvalue weighted by Crippen LogP contribution is -2.37. The topological polar surface area (TPSA) is 21.3 Å². The van der Waals surface area contributed by atoms with E-state index >= 15 is 0 Å². The first-order valence-electron chi connectivity index (χ1n) is 5.89. The number of nitrogens with one attached hydrogen (secondary N) is 1. The minimum atomic E-state index is -0.0847. The first-order chi connectivity index (χ1) is 8.02. The molecule has 1 aromatic carbocycles. The Hall–Kier alpha value is -0.440. The molecule has 1 saturated carbocycles. The highest BCUT2D eigenvalue weighted by atomic mass is 35.5. The van der Waals surface area contributed by atoms with E-state index in [1.54, 1.807) is 6.07 Å². The maximum Gasteiger partial charge on any atom is 0.140 e. The van der Waals surface area contributed by atoms with Crippen molar-refractivity contribution in [1.82, 2.24) is 5.32 Å². The fraction of sp³-hybridized carbons (Fsp3) is 0.538. The second-order valence-corrected chi connectivity index (χ2v) is 5.66. The second kappa shape index (κ2) is 5.05. The summed E-state index contributed by atoms with van der Waals surface area (Å²) in [5.74, 6) is 0.683. The molecule has 0 radical (unpaired) electrons. The van der Waals surface area contributed by atoms with Crippen LogP contribution in [-0.4, -0.2) is 18.2 Å². The molecule has 2 nitrogen and oxygen atoms in total. The van der Waals surface area contributed by atoms with Crippen LogP contribution in [0.15, 0.2) is 18.2 Å². The van der Waals surface area contributed by atoms with Crippen molar-refractivity contribution < 1.29 is 4.74 Å². The largest absolute Gasteiger partial charge is 0.484 e. The van der Waals surface area contributed by atoms with E-state index in [0.717, 1.165) is 19.4 Å². The van der Waals surface area contributed by atoms with E-state index in [0.29, 0.717) is 21.8 Å². The molecule has 17 heavy (non-hydrogen) atoms. The summed E-state index contributed by atoms with van der Waals surface area (Å²) in [5, 5.41) is 4.44. The predicted octanol–water partition coefficient (Wildman–Crippen LogP) is 3.90. The second-order valence-electron chi connectivity index (χ2n) is 4.87. The molecule has 0 bridgehead atoms. The highest BCUT2D eigenvalue weighted by molar-refractivity contribution is 6.42. The van der Waals surface area contributed by atoms with Gasteiger partial charge in [-0.25, -0.2) is 0 Å². The Labute approximate surface area is 112 Å². The van der Waals surface area contributed by atoms with Crippen LogP contribution < -0.4 is 10.1 Å². The first kappa shape index (κ1) is 13.0. The van der Waals surface area contributed by atoms with Crippen LogP contribution in [0.4, 0.5) is 0 Å². The Morgan fingerprint density at radius 2 is 2.06 bits per heavy atom. The van der Waals surface area contributed by atoms with Crippen molar-refractivity contribution in [3.05, 3.63) is 28.2 Å². The van der Waals surface area contributed by atoms with E-state index in [4.69, 9.17) is 27.9 Å². The summed E-state index contributed by atoms with van der Waals surface area (Å²) in [6, 6.07) is 5.95. The number of hydrogen-bond acceptors (Lipinski definition) is 2. The zero-order valence-electron chi connectivity index (χ0n) is 10.1. The Morgan fingerprint density at radius 1 is 1.35 bits per heavy atom. The molecule has 1 N–H and O–H groups in total. The van der Waals surface area contributed by atoms with Crippen molar-refractivity contribution in [2.75, 3.05) is 6.54 Å². The van der Waals surface area contributed by atoms with Crippen molar-refractivity contribution in [3.63, 3.8) is 0 Å². The lowest BCUT2D eigenvalue weighted by molar-refractivity contribution is 0.172. The fourth-order valence-corrected chi connectivity index (χ4v) is 1.97. The smallest absolute Gasteiger partial charge is 0.140 e. The molecule has 1 aliphatic rings. The van der Waals surface area contributed by atoms with Gasteiger partial charge < -0.3 is 10.1 Å². The van der Waals surface area contributed by atoms with E-state index < -0.39 is 0 Å². The molecule has 0 unspecified atom stereocenters. The molecule has 2 rings (SSSR count). The lowest BCUT2D eigenvalue weighted by Gasteiger charge is -2.21. The summed E-state index contributed by atoms with van der Waals surface area (Å²) >= 11 is 12.1. The molecule has 1 fully saturated rings. The maximum absolute atomic E-state index is 6.11. The molecule has 1 aliphatic carbocycles. The van der Waals surface area contributed by atoms with Gasteiger partial charge in [0.1, 0.15) is 16.4 Å². The molecule has 4 heteroatoms. The third kappa shape index (κ3) is 3.27. The standard InChI is InChI=1S/C13H17Cl2NO/c1-9(2)16-8-13(6-7-13)17-11-5-3-4-10(14)12(11)15/h3-5,9,16H,6-8H2,1-2H3. The maximum atomic E-state index is 6.11. The Bertz CT molecular complexity index is 402. The molecule has 94 valence electrons.